The van der Waals surface area contributed by atoms with Crippen molar-refractivity contribution in [3.63, 3.8) is 0 Å². The molecule has 5 rings (SSSR count). The second kappa shape index (κ2) is 9.22. The Labute approximate surface area is 207 Å². The lowest BCUT2D eigenvalue weighted by atomic mass is 9.96. The molecular formula is C26H24Cl2N6. The van der Waals surface area contributed by atoms with Gasteiger partial charge >= 0.3 is 0 Å². The number of fused-ring (bicyclic) bond motifs is 1. The highest BCUT2D eigenvalue weighted by Crippen LogP contribution is 2.34. The molecule has 172 valence electrons. The maximum atomic E-state index is 6.21. The molecule has 34 heavy (non-hydrogen) atoms. The molecule has 0 atom stereocenters. The van der Waals surface area contributed by atoms with Gasteiger partial charge in [0, 0.05) is 44.6 Å². The maximum absolute atomic E-state index is 6.21. The SMILES string of the molecule is Cc1[nH]c(-c2n[nH]c3ccc(-c4cncc(CCCN)c4C)cc23)nc1-c1cc(Cl)cc(Cl)c1. The first kappa shape index (κ1) is 22.6. The molecule has 0 spiro atoms. The normalized spacial score (nSPS) is 11.4. The van der Waals surface area contributed by atoms with Crippen molar-refractivity contribution >= 4 is 34.1 Å². The van der Waals surface area contributed by atoms with E-state index in [0.717, 1.165) is 57.5 Å². The van der Waals surface area contributed by atoms with Crippen LogP contribution in [-0.4, -0.2) is 31.7 Å². The number of nitrogens with two attached hydrogens (primary N) is 1. The fourth-order valence-corrected chi connectivity index (χ4v) is 4.84. The Morgan fingerprint density at radius 3 is 2.50 bits per heavy atom. The molecule has 8 heteroatoms. The summed E-state index contributed by atoms with van der Waals surface area (Å²) in [7, 11) is 0. The van der Waals surface area contributed by atoms with Crippen LogP contribution in [0.4, 0.5) is 0 Å². The van der Waals surface area contributed by atoms with E-state index in [9.17, 15) is 0 Å². The number of hydrogen-bond acceptors (Lipinski definition) is 4. The van der Waals surface area contributed by atoms with Gasteiger partial charge in [0.25, 0.3) is 0 Å². The second-order valence-corrected chi connectivity index (χ2v) is 9.29. The first-order valence-electron chi connectivity index (χ1n) is 11.1. The number of pyridine rings is 1. The number of aromatic amines is 2. The Balaban J connectivity index is 1.58. The zero-order chi connectivity index (χ0) is 23.8. The Bertz CT molecular complexity index is 1480. The standard InChI is InChI=1S/C26H24Cl2N6/c1-14-17(4-3-7-29)12-30-13-22(14)16-5-6-23-21(10-16)25(34-33-23)26-31-15(2)24(32-26)18-8-19(27)11-20(28)9-18/h5-6,8-13H,3-4,7,29H2,1-2H3,(H,31,32)(H,33,34). The monoisotopic (exact) mass is 490 g/mol. The van der Waals surface area contributed by atoms with E-state index in [2.05, 4.69) is 39.2 Å². The lowest BCUT2D eigenvalue weighted by Gasteiger charge is -2.11. The van der Waals surface area contributed by atoms with Crippen LogP contribution >= 0.6 is 23.2 Å². The summed E-state index contributed by atoms with van der Waals surface area (Å²) in [4.78, 5) is 12.7. The van der Waals surface area contributed by atoms with Crippen LogP contribution < -0.4 is 5.73 Å². The van der Waals surface area contributed by atoms with Gasteiger partial charge in [-0.05, 0) is 80.3 Å². The van der Waals surface area contributed by atoms with Crippen molar-refractivity contribution in [3.05, 3.63) is 75.7 Å². The highest BCUT2D eigenvalue weighted by Gasteiger charge is 2.17. The second-order valence-electron chi connectivity index (χ2n) is 8.41. The Morgan fingerprint density at radius 2 is 1.74 bits per heavy atom. The molecule has 0 aliphatic carbocycles. The minimum Gasteiger partial charge on any atom is -0.340 e. The molecule has 0 aliphatic rings. The van der Waals surface area contributed by atoms with Gasteiger partial charge < -0.3 is 10.7 Å². The van der Waals surface area contributed by atoms with Gasteiger partial charge in [0.15, 0.2) is 5.82 Å². The summed E-state index contributed by atoms with van der Waals surface area (Å²) in [6.07, 6.45) is 5.71. The van der Waals surface area contributed by atoms with Gasteiger partial charge in [-0.1, -0.05) is 29.3 Å². The van der Waals surface area contributed by atoms with Crippen molar-refractivity contribution < 1.29 is 0 Å². The third-order valence-corrected chi connectivity index (χ3v) is 6.53. The molecule has 0 saturated heterocycles. The number of rotatable bonds is 6. The predicted molar refractivity (Wildman–Crippen MR) is 139 cm³/mol. The first-order valence-corrected chi connectivity index (χ1v) is 11.9. The molecule has 3 aromatic heterocycles. The molecule has 0 aliphatic heterocycles. The summed E-state index contributed by atoms with van der Waals surface area (Å²) in [5.41, 5.74) is 14.6. The third kappa shape index (κ3) is 4.20. The van der Waals surface area contributed by atoms with Gasteiger partial charge in [-0.15, -0.1) is 0 Å². The molecule has 2 aromatic carbocycles. The first-order chi connectivity index (χ1) is 16.4. The average molecular weight is 491 g/mol. The van der Waals surface area contributed by atoms with Crippen LogP contribution in [-0.2, 0) is 6.42 Å². The molecule has 0 unspecified atom stereocenters. The minimum atomic E-state index is 0.569. The zero-order valence-electron chi connectivity index (χ0n) is 18.9. The van der Waals surface area contributed by atoms with Crippen molar-refractivity contribution in [1.29, 1.82) is 0 Å². The molecule has 6 nitrogen and oxygen atoms in total. The summed E-state index contributed by atoms with van der Waals surface area (Å²) in [5, 5.41) is 9.81. The predicted octanol–water partition coefficient (Wildman–Crippen LogP) is 6.50. The Kier molecular flexibility index (Phi) is 6.13. The van der Waals surface area contributed by atoms with Crippen LogP contribution in [0.25, 0.3) is 44.8 Å². The summed E-state index contributed by atoms with van der Waals surface area (Å²) in [5.74, 6) is 0.679. The highest BCUT2D eigenvalue weighted by atomic mass is 35.5. The van der Waals surface area contributed by atoms with E-state index < -0.39 is 0 Å². The van der Waals surface area contributed by atoms with Gasteiger partial charge in [0.1, 0.15) is 5.69 Å². The highest BCUT2D eigenvalue weighted by molar-refractivity contribution is 6.35. The van der Waals surface area contributed by atoms with Crippen LogP contribution in [0.5, 0.6) is 0 Å². The van der Waals surface area contributed by atoms with Gasteiger partial charge in [-0.2, -0.15) is 5.10 Å². The smallest absolute Gasteiger partial charge is 0.159 e. The average Bonchev–Trinajstić information content (AvgIpc) is 3.40. The number of halogens is 2. The molecule has 5 aromatic rings. The Morgan fingerprint density at radius 1 is 0.941 bits per heavy atom. The number of aromatic nitrogens is 5. The summed E-state index contributed by atoms with van der Waals surface area (Å²) in [6.45, 7) is 4.78. The lowest BCUT2D eigenvalue weighted by Crippen LogP contribution is -2.02. The molecule has 0 saturated carbocycles. The maximum Gasteiger partial charge on any atom is 0.159 e. The van der Waals surface area contributed by atoms with E-state index in [0.29, 0.717) is 22.4 Å². The third-order valence-electron chi connectivity index (χ3n) is 6.09. The van der Waals surface area contributed by atoms with E-state index >= 15 is 0 Å². The van der Waals surface area contributed by atoms with Crippen molar-refractivity contribution in [1.82, 2.24) is 25.1 Å². The van der Waals surface area contributed by atoms with Crippen molar-refractivity contribution in [3.8, 4) is 33.9 Å². The van der Waals surface area contributed by atoms with Crippen LogP contribution in [0.3, 0.4) is 0 Å². The number of imidazole rings is 1. The largest absolute Gasteiger partial charge is 0.340 e. The van der Waals surface area contributed by atoms with Gasteiger partial charge in [0.05, 0.1) is 11.2 Å². The number of nitrogens with zero attached hydrogens (tertiary/aromatic N) is 3. The number of hydrogen-bond donors (Lipinski definition) is 3. The molecule has 0 bridgehead atoms. The lowest BCUT2D eigenvalue weighted by molar-refractivity contribution is 0.824. The summed E-state index contributed by atoms with van der Waals surface area (Å²) in [6, 6.07) is 11.7. The summed E-state index contributed by atoms with van der Waals surface area (Å²) < 4.78 is 0. The van der Waals surface area contributed by atoms with Gasteiger partial charge in [-0.25, -0.2) is 4.98 Å². The molecular weight excluding hydrogens is 467 g/mol. The van der Waals surface area contributed by atoms with E-state index in [-0.39, 0.29) is 0 Å². The van der Waals surface area contributed by atoms with E-state index in [1.54, 1.807) is 6.07 Å². The van der Waals surface area contributed by atoms with Crippen LogP contribution in [0.15, 0.2) is 48.8 Å². The topological polar surface area (TPSA) is 96.3 Å². The van der Waals surface area contributed by atoms with Crippen LogP contribution in [0, 0.1) is 13.8 Å². The fourth-order valence-electron chi connectivity index (χ4n) is 4.31. The molecule has 0 amide bonds. The van der Waals surface area contributed by atoms with E-state index in [1.165, 1.54) is 11.1 Å². The number of nitrogens with one attached hydrogen (secondary N) is 2. The van der Waals surface area contributed by atoms with Crippen LogP contribution in [0.2, 0.25) is 10.0 Å². The van der Waals surface area contributed by atoms with Gasteiger partial charge in [-0.3, -0.25) is 10.1 Å². The zero-order valence-corrected chi connectivity index (χ0v) is 20.4. The molecule has 3 heterocycles. The van der Waals surface area contributed by atoms with Gasteiger partial charge in [0.2, 0.25) is 0 Å². The summed E-state index contributed by atoms with van der Waals surface area (Å²) >= 11 is 12.4. The number of benzene rings is 2. The quantitative estimate of drug-likeness (QED) is 0.253. The van der Waals surface area contributed by atoms with E-state index in [1.807, 2.05) is 37.5 Å². The molecule has 0 fully saturated rings. The minimum absolute atomic E-state index is 0.569. The number of aryl methyl sites for hydroxylation is 2. The van der Waals surface area contributed by atoms with Crippen molar-refractivity contribution in [2.45, 2.75) is 26.7 Å². The molecule has 4 N–H and O–H groups in total. The van der Waals surface area contributed by atoms with Crippen LogP contribution in [0.1, 0.15) is 23.2 Å². The molecule has 0 radical (unpaired) electrons. The van der Waals surface area contributed by atoms with Crippen molar-refractivity contribution in [2.75, 3.05) is 6.54 Å². The van der Waals surface area contributed by atoms with Crippen molar-refractivity contribution in [2.24, 2.45) is 5.73 Å². The number of H-pyrrole nitrogens is 2. The fraction of sp³-hybridized carbons (Fsp3) is 0.192. The van der Waals surface area contributed by atoms with E-state index in [4.69, 9.17) is 33.9 Å². The Hall–Kier alpha value is -3.19.